The summed E-state index contributed by atoms with van der Waals surface area (Å²) in [6, 6.07) is 10.8. The van der Waals surface area contributed by atoms with Crippen molar-refractivity contribution >= 4 is 28.4 Å². The quantitative estimate of drug-likeness (QED) is 0.518. The molecule has 0 saturated carbocycles. The monoisotopic (exact) mass is 391 g/mol. The number of aromatic nitrogens is 2. The summed E-state index contributed by atoms with van der Waals surface area (Å²) >= 11 is 0. The molecule has 1 saturated heterocycles. The van der Waals surface area contributed by atoms with E-state index in [2.05, 4.69) is 25.9 Å². The zero-order valence-electron chi connectivity index (χ0n) is 16.2. The summed E-state index contributed by atoms with van der Waals surface area (Å²) in [4.78, 5) is 33.1. The van der Waals surface area contributed by atoms with Gasteiger partial charge in [-0.15, -0.1) is 0 Å². The summed E-state index contributed by atoms with van der Waals surface area (Å²) < 4.78 is 0. The maximum absolute atomic E-state index is 13.0. The zero-order chi connectivity index (χ0) is 20.1. The molecular formula is C22H25N5O2. The van der Waals surface area contributed by atoms with E-state index in [4.69, 9.17) is 0 Å². The average molecular weight is 391 g/mol. The van der Waals surface area contributed by atoms with E-state index >= 15 is 0 Å². The summed E-state index contributed by atoms with van der Waals surface area (Å²) in [6.07, 6.45) is 7.15. The van der Waals surface area contributed by atoms with Gasteiger partial charge in [0, 0.05) is 47.5 Å². The third-order valence-electron chi connectivity index (χ3n) is 5.39. The highest BCUT2D eigenvalue weighted by molar-refractivity contribution is 5.98. The van der Waals surface area contributed by atoms with Gasteiger partial charge < -0.3 is 20.9 Å². The van der Waals surface area contributed by atoms with Crippen molar-refractivity contribution in [3.8, 4) is 0 Å². The molecule has 1 aromatic carbocycles. The third-order valence-corrected chi connectivity index (χ3v) is 5.39. The van der Waals surface area contributed by atoms with Gasteiger partial charge in [0.2, 0.25) is 11.8 Å². The minimum Gasteiger partial charge on any atom is -0.361 e. The molecule has 29 heavy (non-hydrogen) atoms. The third kappa shape index (κ3) is 4.63. The van der Waals surface area contributed by atoms with Gasteiger partial charge in [0.1, 0.15) is 6.04 Å². The Labute approximate surface area is 169 Å². The van der Waals surface area contributed by atoms with Crippen molar-refractivity contribution in [2.24, 2.45) is 5.92 Å². The Kier molecular flexibility index (Phi) is 5.86. The number of pyridine rings is 1. The first-order valence-electron chi connectivity index (χ1n) is 9.97. The van der Waals surface area contributed by atoms with Crippen LogP contribution >= 0.6 is 0 Å². The molecule has 7 heteroatoms. The van der Waals surface area contributed by atoms with Gasteiger partial charge in [-0.3, -0.25) is 14.6 Å². The van der Waals surface area contributed by atoms with Crippen LogP contribution in [0.25, 0.3) is 10.9 Å². The van der Waals surface area contributed by atoms with Crippen molar-refractivity contribution in [2.75, 3.05) is 18.4 Å². The number of fused-ring (bicyclic) bond motifs is 1. The molecule has 1 aliphatic rings. The summed E-state index contributed by atoms with van der Waals surface area (Å²) in [5, 5.41) is 10.2. The molecule has 150 valence electrons. The number of amides is 2. The fourth-order valence-electron chi connectivity index (χ4n) is 3.77. The Bertz CT molecular complexity index is 979. The molecule has 2 aromatic heterocycles. The lowest BCUT2D eigenvalue weighted by molar-refractivity contribution is -0.129. The van der Waals surface area contributed by atoms with Crippen LogP contribution in [0.2, 0.25) is 0 Å². The molecule has 0 spiro atoms. The van der Waals surface area contributed by atoms with Gasteiger partial charge in [0.25, 0.3) is 0 Å². The highest BCUT2D eigenvalue weighted by Crippen LogP contribution is 2.20. The SMILES string of the molecule is O=C(NC(Cc1c[nH]c2ccccc12)C(=O)Nc1ccncc1)C1CCNCC1. The molecule has 0 radical (unpaired) electrons. The second kappa shape index (κ2) is 8.87. The van der Waals surface area contributed by atoms with Crippen molar-refractivity contribution in [1.82, 2.24) is 20.6 Å². The van der Waals surface area contributed by atoms with E-state index in [1.54, 1.807) is 24.5 Å². The minimum atomic E-state index is -0.662. The van der Waals surface area contributed by atoms with E-state index in [0.717, 1.165) is 42.4 Å². The minimum absolute atomic E-state index is 0.0544. The number of piperidine rings is 1. The first kappa shape index (κ1) is 19.1. The molecule has 7 nitrogen and oxygen atoms in total. The average Bonchev–Trinajstić information content (AvgIpc) is 3.17. The van der Waals surface area contributed by atoms with Crippen molar-refractivity contribution in [3.05, 3.63) is 60.6 Å². The van der Waals surface area contributed by atoms with E-state index in [1.165, 1.54) is 0 Å². The summed E-state index contributed by atoms with van der Waals surface area (Å²) in [5.41, 5.74) is 2.67. The fourth-order valence-corrected chi connectivity index (χ4v) is 3.77. The normalized spacial score (nSPS) is 15.7. The number of rotatable bonds is 6. The van der Waals surface area contributed by atoms with E-state index in [-0.39, 0.29) is 17.7 Å². The number of H-pyrrole nitrogens is 1. The van der Waals surface area contributed by atoms with E-state index in [9.17, 15) is 9.59 Å². The van der Waals surface area contributed by atoms with Crippen LogP contribution in [0.1, 0.15) is 18.4 Å². The lowest BCUT2D eigenvalue weighted by Gasteiger charge is -2.25. The van der Waals surface area contributed by atoms with Crippen LogP contribution in [0.5, 0.6) is 0 Å². The highest BCUT2D eigenvalue weighted by atomic mass is 16.2. The standard InChI is InChI=1S/C22H25N5O2/c28-21(15-5-9-23-10-6-15)27-20(22(29)26-17-7-11-24-12-8-17)13-16-14-25-19-4-2-1-3-18(16)19/h1-4,7-8,11-12,14-15,20,23,25H,5-6,9-10,13H2,(H,27,28)(H,24,26,29). The molecule has 0 bridgehead atoms. The number of benzene rings is 1. The number of para-hydroxylation sites is 1. The number of nitrogens with one attached hydrogen (secondary N) is 4. The van der Waals surface area contributed by atoms with Crippen molar-refractivity contribution in [1.29, 1.82) is 0 Å². The molecule has 1 fully saturated rings. The Balaban J connectivity index is 1.54. The highest BCUT2D eigenvalue weighted by Gasteiger charge is 2.27. The molecular weight excluding hydrogens is 366 g/mol. The van der Waals surface area contributed by atoms with Gasteiger partial charge in [-0.1, -0.05) is 18.2 Å². The van der Waals surface area contributed by atoms with Crippen LogP contribution in [0.4, 0.5) is 5.69 Å². The van der Waals surface area contributed by atoms with Gasteiger partial charge in [-0.05, 0) is 49.7 Å². The lowest BCUT2D eigenvalue weighted by atomic mass is 9.96. The Morgan fingerprint density at radius 1 is 1.10 bits per heavy atom. The van der Waals surface area contributed by atoms with Crippen LogP contribution in [-0.2, 0) is 16.0 Å². The van der Waals surface area contributed by atoms with Crippen LogP contribution < -0.4 is 16.0 Å². The summed E-state index contributed by atoms with van der Waals surface area (Å²) in [5.74, 6) is -0.347. The summed E-state index contributed by atoms with van der Waals surface area (Å²) in [7, 11) is 0. The molecule has 0 aliphatic carbocycles. The first-order chi connectivity index (χ1) is 14.2. The number of aromatic amines is 1. The molecule has 1 atom stereocenters. The molecule has 4 rings (SSSR count). The first-order valence-corrected chi connectivity index (χ1v) is 9.97. The van der Waals surface area contributed by atoms with Crippen molar-refractivity contribution in [2.45, 2.75) is 25.3 Å². The second-order valence-corrected chi connectivity index (χ2v) is 7.37. The van der Waals surface area contributed by atoms with Gasteiger partial charge in [0.15, 0.2) is 0 Å². The molecule has 3 heterocycles. The Hall–Kier alpha value is -3.19. The van der Waals surface area contributed by atoms with E-state index in [0.29, 0.717) is 12.1 Å². The van der Waals surface area contributed by atoms with Crippen LogP contribution in [0.15, 0.2) is 55.0 Å². The van der Waals surface area contributed by atoms with Crippen LogP contribution in [0, 0.1) is 5.92 Å². The lowest BCUT2D eigenvalue weighted by Crippen LogP contribution is -2.48. The van der Waals surface area contributed by atoms with Crippen LogP contribution in [-0.4, -0.2) is 40.9 Å². The van der Waals surface area contributed by atoms with Gasteiger partial charge in [-0.2, -0.15) is 0 Å². The molecule has 4 N–H and O–H groups in total. The number of hydrogen-bond donors (Lipinski definition) is 4. The molecule has 1 unspecified atom stereocenters. The van der Waals surface area contributed by atoms with E-state index in [1.807, 2.05) is 30.5 Å². The molecule has 1 aliphatic heterocycles. The van der Waals surface area contributed by atoms with Gasteiger partial charge in [-0.25, -0.2) is 0 Å². The largest absolute Gasteiger partial charge is 0.361 e. The number of nitrogens with zero attached hydrogens (tertiary/aromatic N) is 1. The second-order valence-electron chi connectivity index (χ2n) is 7.37. The maximum Gasteiger partial charge on any atom is 0.247 e. The predicted octanol–water partition coefficient (Wildman–Crippen LogP) is 2.23. The zero-order valence-corrected chi connectivity index (χ0v) is 16.2. The maximum atomic E-state index is 13.0. The number of carbonyl (C=O) groups excluding carboxylic acids is 2. The molecule has 2 amide bonds. The number of anilines is 1. The Morgan fingerprint density at radius 2 is 1.86 bits per heavy atom. The van der Waals surface area contributed by atoms with Gasteiger partial charge in [0.05, 0.1) is 0 Å². The predicted molar refractivity (Wildman–Crippen MR) is 112 cm³/mol. The summed E-state index contributed by atoms with van der Waals surface area (Å²) in [6.45, 7) is 1.66. The van der Waals surface area contributed by atoms with Crippen LogP contribution in [0.3, 0.4) is 0 Å². The van der Waals surface area contributed by atoms with Gasteiger partial charge >= 0.3 is 0 Å². The van der Waals surface area contributed by atoms with Crippen molar-refractivity contribution < 1.29 is 9.59 Å². The smallest absolute Gasteiger partial charge is 0.247 e. The van der Waals surface area contributed by atoms with E-state index < -0.39 is 6.04 Å². The topological polar surface area (TPSA) is 98.9 Å². The number of carbonyl (C=O) groups is 2. The Morgan fingerprint density at radius 3 is 2.66 bits per heavy atom. The molecule has 3 aromatic rings. The number of hydrogen-bond acceptors (Lipinski definition) is 4. The fraction of sp³-hybridized carbons (Fsp3) is 0.318. The van der Waals surface area contributed by atoms with Crippen molar-refractivity contribution in [3.63, 3.8) is 0 Å².